The number of likely N-dealkylation sites (N-methyl/N-ethyl adjacent to an activating group) is 1. The number of amides is 1. The molecule has 0 radical (unpaired) electrons. The fraction of sp³-hybridized carbons (Fsp3) is 0.500. The van der Waals surface area contributed by atoms with E-state index in [2.05, 4.69) is 15.3 Å². The molecule has 0 fully saturated rings. The zero-order chi connectivity index (χ0) is 12.7. The number of rotatable bonds is 6. The Kier molecular flexibility index (Phi) is 5.65. The number of carbonyl (C=O) groups is 1. The largest absolute Gasteiger partial charge is 0.383 e. The third kappa shape index (κ3) is 4.97. The second-order valence-electron chi connectivity index (χ2n) is 3.38. The molecule has 0 saturated carbocycles. The van der Waals surface area contributed by atoms with Gasteiger partial charge in [0, 0.05) is 26.9 Å². The van der Waals surface area contributed by atoms with E-state index in [1.165, 1.54) is 0 Å². The van der Waals surface area contributed by atoms with E-state index in [4.69, 9.17) is 16.3 Å². The summed E-state index contributed by atoms with van der Waals surface area (Å²) in [5.74, 6) is 0.506. The van der Waals surface area contributed by atoms with Gasteiger partial charge in [-0.2, -0.15) is 0 Å². The first-order valence-electron chi connectivity index (χ1n) is 5.09. The van der Waals surface area contributed by atoms with Crippen LogP contribution in [-0.4, -0.2) is 49.7 Å². The number of anilines is 1. The van der Waals surface area contributed by atoms with Gasteiger partial charge in [0.2, 0.25) is 11.2 Å². The molecule has 0 bridgehead atoms. The molecular formula is C10H15ClN4O2. The van der Waals surface area contributed by atoms with Crippen LogP contribution in [0.15, 0.2) is 12.3 Å². The number of methoxy groups -OCH3 is 1. The summed E-state index contributed by atoms with van der Waals surface area (Å²) < 4.78 is 4.83. The van der Waals surface area contributed by atoms with E-state index in [1.807, 2.05) is 0 Å². The van der Waals surface area contributed by atoms with Crippen LogP contribution >= 0.6 is 11.6 Å². The van der Waals surface area contributed by atoms with E-state index in [-0.39, 0.29) is 17.7 Å². The predicted molar refractivity (Wildman–Crippen MR) is 65.2 cm³/mol. The molecule has 0 atom stereocenters. The zero-order valence-electron chi connectivity index (χ0n) is 9.81. The first kappa shape index (κ1) is 13.7. The molecule has 7 heteroatoms. The van der Waals surface area contributed by atoms with Gasteiger partial charge in [-0.25, -0.2) is 9.97 Å². The van der Waals surface area contributed by atoms with Gasteiger partial charge in [-0.05, 0) is 17.7 Å². The van der Waals surface area contributed by atoms with Crippen molar-refractivity contribution in [2.45, 2.75) is 0 Å². The van der Waals surface area contributed by atoms with Gasteiger partial charge in [0.05, 0.1) is 13.2 Å². The Hall–Kier alpha value is -1.40. The maximum Gasteiger partial charge on any atom is 0.239 e. The van der Waals surface area contributed by atoms with Crippen molar-refractivity contribution in [3.8, 4) is 0 Å². The first-order chi connectivity index (χ1) is 8.13. The SMILES string of the molecule is COCCNC(=O)CN(C)c1ccnc(Cl)n1. The van der Waals surface area contributed by atoms with Crippen LogP contribution in [0.3, 0.4) is 0 Å². The molecule has 0 unspecified atom stereocenters. The number of nitrogens with zero attached hydrogens (tertiary/aromatic N) is 3. The molecule has 1 N–H and O–H groups in total. The molecule has 17 heavy (non-hydrogen) atoms. The Morgan fingerprint density at radius 2 is 2.41 bits per heavy atom. The maximum absolute atomic E-state index is 11.5. The number of carbonyl (C=O) groups excluding carboxylic acids is 1. The molecule has 0 saturated heterocycles. The van der Waals surface area contributed by atoms with Crippen LogP contribution in [0.2, 0.25) is 5.28 Å². The smallest absolute Gasteiger partial charge is 0.239 e. The number of halogens is 1. The lowest BCUT2D eigenvalue weighted by atomic mass is 10.4. The molecule has 0 aliphatic heterocycles. The summed E-state index contributed by atoms with van der Waals surface area (Å²) in [6.07, 6.45) is 1.55. The van der Waals surface area contributed by atoms with Crippen molar-refractivity contribution >= 4 is 23.3 Å². The monoisotopic (exact) mass is 258 g/mol. The van der Waals surface area contributed by atoms with Crippen molar-refractivity contribution in [1.82, 2.24) is 15.3 Å². The molecule has 0 aromatic carbocycles. The minimum absolute atomic E-state index is 0.0979. The fourth-order valence-electron chi connectivity index (χ4n) is 1.18. The van der Waals surface area contributed by atoms with Crippen LogP contribution < -0.4 is 10.2 Å². The molecule has 1 rings (SSSR count). The predicted octanol–water partition coefficient (Wildman–Crippen LogP) is 0.329. The molecule has 1 amide bonds. The van der Waals surface area contributed by atoms with Gasteiger partial charge in [-0.3, -0.25) is 4.79 Å². The highest BCUT2D eigenvalue weighted by Gasteiger charge is 2.08. The molecule has 1 aromatic heterocycles. The third-order valence-electron chi connectivity index (χ3n) is 2.01. The summed E-state index contributed by atoms with van der Waals surface area (Å²) in [6.45, 7) is 1.19. The van der Waals surface area contributed by atoms with E-state index in [0.29, 0.717) is 19.0 Å². The summed E-state index contributed by atoms with van der Waals surface area (Å²) >= 11 is 5.66. The maximum atomic E-state index is 11.5. The molecule has 1 heterocycles. The Labute approximate surface area is 105 Å². The number of aromatic nitrogens is 2. The van der Waals surface area contributed by atoms with Crippen molar-refractivity contribution in [3.63, 3.8) is 0 Å². The van der Waals surface area contributed by atoms with Gasteiger partial charge < -0.3 is 15.0 Å². The lowest BCUT2D eigenvalue weighted by Gasteiger charge is -2.17. The summed E-state index contributed by atoms with van der Waals surface area (Å²) in [5.41, 5.74) is 0. The minimum atomic E-state index is -0.0979. The summed E-state index contributed by atoms with van der Waals surface area (Å²) in [6, 6.07) is 1.69. The van der Waals surface area contributed by atoms with Gasteiger partial charge in [-0.1, -0.05) is 0 Å². The van der Waals surface area contributed by atoms with Crippen molar-refractivity contribution < 1.29 is 9.53 Å². The fourth-order valence-corrected chi connectivity index (χ4v) is 1.33. The van der Waals surface area contributed by atoms with Gasteiger partial charge in [0.15, 0.2) is 0 Å². The quantitative estimate of drug-likeness (QED) is 0.588. The molecule has 0 aliphatic rings. The average molecular weight is 259 g/mol. The van der Waals surface area contributed by atoms with Crippen LogP contribution in [0.4, 0.5) is 5.82 Å². The molecule has 0 aliphatic carbocycles. The standard InChI is InChI=1S/C10H15ClN4O2/c1-15(7-9(16)12-5-6-17-2)8-3-4-13-10(11)14-8/h3-4H,5-7H2,1-2H3,(H,12,16). The van der Waals surface area contributed by atoms with Gasteiger partial charge in [0.1, 0.15) is 5.82 Å². The third-order valence-corrected chi connectivity index (χ3v) is 2.19. The zero-order valence-corrected chi connectivity index (χ0v) is 10.6. The lowest BCUT2D eigenvalue weighted by molar-refractivity contribution is -0.119. The molecule has 94 valence electrons. The summed E-state index contributed by atoms with van der Waals surface area (Å²) in [4.78, 5) is 21.0. The number of nitrogens with one attached hydrogen (secondary N) is 1. The van der Waals surface area contributed by atoms with Gasteiger partial charge in [0.25, 0.3) is 0 Å². The van der Waals surface area contributed by atoms with E-state index >= 15 is 0 Å². The lowest BCUT2D eigenvalue weighted by Crippen LogP contribution is -2.37. The van der Waals surface area contributed by atoms with Crippen molar-refractivity contribution in [1.29, 1.82) is 0 Å². The van der Waals surface area contributed by atoms with Gasteiger partial charge in [-0.15, -0.1) is 0 Å². The van der Waals surface area contributed by atoms with Crippen LogP contribution in [0.25, 0.3) is 0 Å². The van der Waals surface area contributed by atoms with Crippen LogP contribution in [-0.2, 0) is 9.53 Å². The Balaban J connectivity index is 2.43. The summed E-state index contributed by atoms with van der Waals surface area (Å²) in [5, 5.41) is 2.88. The van der Waals surface area contributed by atoms with E-state index in [0.717, 1.165) is 0 Å². The molecule has 1 aromatic rings. The molecular weight excluding hydrogens is 244 g/mol. The number of ether oxygens (including phenoxy) is 1. The normalized spacial score (nSPS) is 10.1. The highest BCUT2D eigenvalue weighted by atomic mass is 35.5. The average Bonchev–Trinajstić information content (AvgIpc) is 2.29. The van der Waals surface area contributed by atoms with Gasteiger partial charge >= 0.3 is 0 Å². The second-order valence-corrected chi connectivity index (χ2v) is 3.72. The molecule has 6 nitrogen and oxygen atoms in total. The molecule has 0 spiro atoms. The van der Waals surface area contributed by atoms with Crippen molar-refractivity contribution in [3.05, 3.63) is 17.5 Å². The summed E-state index contributed by atoms with van der Waals surface area (Å²) in [7, 11) is 3.34. The Morgan fingerprint density at radius 3 is 3.06 bits per heavy atom. The van der Waals surface area contributed by atoms with E-state index in [9.17, 15) is 4.79 Å². The van der Waals surface area contributed by atoms with Crippen molar-refractivity contribution in [2.75, 3.05) is 38.8 Å². The van der Waals surface area contributed by atoms with Crippen LogP contribution in [0, 0.1) is 0 Å². The number of hydrogen-bond acceptors (Lipinski definition) is 5. The van der Waals surface area contributed by atoms with E-state index in [1.54, 1.807) is 31.3 Å². The van der Waals surface area contributed by atoms with Crippen LogP contribution in [0.1, 0.15) is 0 Å². The first-order valence-corrected chi connectivity index (χ1v) is 5.46. The number of hydrogen-bond donors (Lipinski definition) is 1. The van der Waals surface area contributed by atoms with Crippen LogP contribution in [0.5, 0.6) is 0 Å². The topological polar surface area (TPSA) is 67.3 Å². The Morgan fingerprint density at radius 1 is 1.65 bits per heavy atom. The van der Waals surface area contributed by atoms with Crippen molar-refractivity contribution in [2.24, 2.45) is 0 Å². The van der Waals surface area contributed by atoms with E-state index < -0.39 is 0 Å². The highest BCUT2D eigenvalue weighted by molar-refractivity contribution is 6.28. The minimum Gasteiger partial charge on any atom is -0.383 e. The Bertz CT molecular complexity index is 375. The highest BCUT2D eigenvalue weighted by Crippen LogP contribution is 2.09. The second kappa shape index (κ2) is 7.03.